The summed E-state index contributed by atoms with van der Waals surface area (Å²) in [4.78, 5) is 16.9. The lowest BCUT2D eigenvalue weighted by atomic mass is 9.96. The average Bonchev–Trinajstić information content (AvgIpc) is 3.01. The lowest BCUT2D eigenvalue weighted by Gasteiger charge is -2.24. The van der Waals surface area contributed by atoms with Gasteiger partial charge < -0.3 is 14.5 Å². The molecule has 1 N–H and O–H groups in total. The van der Waals surface area contributed by atoms with E-state index in [0.717, 1.165) is 22.7 Å². The molecule has 0 saturated carbocycles. The minimum absolute atomic E-state index is 0.0118. The molecule has 3 aromatic rings. The first-order chi connectivity index (χ1) is 11.7. The molecule has 1 atom stereocenters. The normalized spacial score (nSPS) is 16.5. The van der Waals surface area contributed by atoms with Crippen LogP contribution in [0.25, 0.3) is 5.65 Å². The molecule has 0 unspecified atom stereocenters. The molecule has 0 spiro atoms. The highest BCUT2D eigenvalue weighted by Gasteiger charge is 2.25. The van der Waals surface area contributed by atoms with Crippen molar-refractivity contribution in [2.45, 2.75) is 19.9 Å². The number of pyridine rings is 1. The van der Waals surface area contributed by atoms with Crippen molar-refractivity contribution in [3.63, 3.8) is 0 Å². The molecule has 4 rings (SSSR count). The van der Waals surface area contributed by atoms with Crippen LogP contribution in [0.5, 0.6) is 5.75 Å². The lowest BCUT2D eigenvalue weighted by Crippen LogP contribution is -2.37. The van der Waals surface area contributed by atoms with Crippen LogP contribution in [-0.4, -0.2) is 21.9 Å². The van der Waals surface area contributed by atoms with Crippen LogP contribution in [0.1, 0.15) is 16.8 Å². The Bertz CT molecular complexity index is 901. The number of carbonyl (C=O) groups excluding carboxylic acids is 1. The van der Waals surface area contributed by atoms with Crippen LogP contribution in [0.4, 0.5) is 0 Å². The number of ether oxygens (including phenoxy) is 1. The molecule has 5 heteroatoms. The molecule has 0 bridgehead atoms. The number of imidazole rings is 1. The number of nitrogens with zero attached hydrogens (tertiary/aromatic N) is 2. The van der Waals surface area contributed by atoms with Crippen molar-refractivity contribution in [3.8, 4) is 5.75 Å². The van der Waals surface area contributed by atoms with Crippen LogP contribution in [0.2, 0.25) is 0 Å². The van der Waals surface area contributed by atoms with E-state index in [4.69, 9.17) is 4.74 Å². The monoisotopic (exact) mass is 321 g/mol. The summed E-state index contributed by atoms with van der Waals surface area (Å²) in [7, 11) is 0. The fourth-order valence-electron chi connectivity index (χ4n) is 3.06. The maximum atomic E-state index is 12.4. The Morgan fingerprint density at radius 1 is 1.29 bits per heavy atom. The second-order valence-electron chi connectivity index (χ2n) is 6.24. The van der Waals surface area contributed by atoms with E-state index in [-0.39, 0.29) is 11.8 Å². The van der Waals surface area contributed by atoms with Crippen LogP contribution >= 0.6 is 0 Å². The highest BCUT2D eigenvalue weighted by atomic mass is 16.5. The standard InChI is InChI=1S/C19H19N3O2/c1-13-6-7-18-21-16(11-22(18)10-13)9-20-19(23)15-8-14-4-2-3-5-17(14)24-12-15/h2-7,10-11,15H,8-9,12H2,1H3,(H,20,23)/t15-/m1/s1. The average molecular weight is 321 g/mol. The molecule has 3 heterocycles. The lowest BCUT2D eigenvalue weighted by molar-refractivity contribution is -0.126. The van der Waals surface area contributed by atoms with Crippen LogP contribution in [0, 0.1) is 12.8 Å². The van der Waals surface area contributed by atoms with E-state index in [1.165, 1.54) is 5.56 Å². The van der Waals surface area contributed by atoms with Gasteiger partial charge >= 0.3 is 0 Å². The summed E-state index contributed by atoms with van der Waals surface area (Å²) in [6.07, 6.45) is 4.70. The van der Waals surface area contributed by atoms with Crippen LogP contribution < -0.4 is 10.1 Å². The van der Waals surface area contributed by atoms with Crippen molar-refractivity contribution in [1.29, 1.82) is 0 Å². The fraction of sp³-hybridized carbons (Fsp3) is 0.263. The predicted molar refractivity (Wildman–Crippen MR) is 90.9 cm³/mol. The molecule has 1 aromatic carbocycles. The SMILES string of the molecule is Cc1ccc2nc(CNC(=O)[C@H]3COc4ccccc4C3)cn2c1. The topological polar surface area (TPSA) is 55.6 Å². The van der Waals surface area contributed by atoms with Gasteiger partial charge in [0, 0.05) is 12.4 Å². The third-order valence-electron chi connectivity index (χ3n) is 4.34. The molecule has 5 nitrogen and oxygen atoms in total. The van der Waals surface area contributed by atoms with Gasteiger partial charge in [-0.2, -0.15) is 0 Å². The van der Waals surface area contributed by atoms with E-state index in [2.05, 4.69) is 10.3 Å². The van der Waals surface area contributed by atoms with E-state index >= 15 is 0 Å². The van der Waals surface area contributed by atoms with E-state index in [9.17, 15) is 4.79 Å². The smallest absolute Gasteiger partial charge is 0.227 e. The Balaban J connectivity index is 1.41. The maximum Gasteiger partial charge on any atom is 0.227 e. The van der Waals surface area contributed by atoms with Gasteiger partial charge in [0.25, 0.3) is 0 Å². The van der Waals surface area contributed by atoms with Crippen molar-refractivity contribution in [2.75, 3.05) is 6.61 Å². The summed E-state index contributed by atoms with van der Waals surface area (Å²) in [5.74, 6) is 0.745. The Morgan fingerprint density at radius 3 is 3.08 bits per heavy atom. The van der Waals surface area contributed by atoms with E-state index in [1.807, 2.05) is 60.1 Å². The van der Waals surface area contributed by atoms with Gasteiger partial charge in [0.2, 0.25) is 5.91 Å². The zero-order valence-electron chi connectivity index (χ0n) is 13.5. The van der Waals surface area contributed by atoms with Gasteiger partial charge in [-0.25, -0.2) is 4.98 Å². The Morgan fingerprint density at radius 2 is 2.17 bits per heavy atom. The number of carbonyl (C=O) groups is 1. The van der Waals surface area contributed by atoms with Gasteiger partial charge in [-0.1, -0.05) is 24.3 Å². The second kappa shape index (κ2) is 6.00. The molecule has 1 aliphatic heterocycles. The van der Waals surface area contributed by atoms with Crippen LogP contribution in [0.15, 0.2) is 48.8 Å². The molecule has 2 aromatic heterocycles. The summed E-state index contributed by atoms with van der Waals surface area (Å²) >= 11 is 0. The number of hydrogen-bond donors (Lipinski definition) is 1. The minimum Gasteiger partial charge on any atom is -0.492 e. The first-order valence-electron chi connectivity index (χ1n) is 8.12. The number of hydrogen-bond acceptors (Lipinski definition) is 3. The number of para-hydroxylation sites is 1. The first-order valence-corrected chi connectivity index (χ1v) is 8.12. The number of fused-ring (bicyclic) bond motifs is 2. The second-order valence-corrected chi connectivity index (χ2v) is 6.24. The maximum absolute atomic E-state index is 12.4. The Kier molecular flexibility index (Phi) is 3.69. The number of aryl methyl sites for hydroxylation is 1. The van der Waals surface area contributed by atoms with Crippen molar-refractivity contribution in [2.24, 2.45) is 5.92 Å². The van der Waals surface area contributed by atoms with Crippen molar-refractivity contribution < 1.29 is 9.53 Å². The summed E-state index contributed by atoms with van der Waals surface area (Å²) < 4.78 is 7.67. The number of rotatable bonds is 3. The molecular formula is C19H19N3O2. The number of amides is 1. The third-order valence-corrected chi connectivity index (χ3v) is 4.34. The quantitative estimate of drug-likeness (QED) is 0.806. The molecule has 0 radical (unpaired) electrons. The van der Waals surface area contributed by atoms with Gasteiger partial charge in [-0.05, 0) is 36.6 Å². The van der Waals surface area contributed by atoms with Crippen LogP contribution in [-0.2, 0) is 17.8 Å². The fourth-order valence-corrected chi connectivity index (χ4v) is 3.06. The zero-order valence-corrected chi connectivity index (χ0v) is 13.5. The van der Waals surface area contributed by atoms with Crippen LogP contribution in [0.3, 0.4) is 0 Å². The van der Waals surface area contributed by atoms with E-state index < -0.39 is 0 Å². The van der Waals surface area contributed by atoms with E-state index in [0.29, 0.717) is 19.6 Å². The summed E-state index contributed by atoms with van der Waals surface area (Å²) in [5, 5.41) is 2.98. The van der Waals surface area contributed by atoms with Crippen molar-refractivity contribution in [3.05, 3.63) is 65.6 Å². The van der Waals surface area contributed by atoms with E-state index in [1.54, 1.807) is 0 Å². The molecule has 0 fully saturated rings. The van der Waals surface area contributed by atoms with Gasteiger partial charge in [-0.3, -0.25) is 4.79 Å². The zero-order chi connectivity index (χ0) is 16.5. The minimum atomic E-state index is -0.154. The largest absolute Gasteiger partial charge is 0.492 e. The Labute approximate surface area is 140 Å². The molecule has 1 aliphatic rings. The summed E-state index contributed by atoms with van der Waals surface area (Å²) in [6, 6.07) is 11.9. The first kappa shape index (κ1) is 14.8. The molecule has 0 aliphatic carbocycles. The molecule has 0 saturated heterocycles. The number of nitrogens with one attached hydrogen (secondary N) is 1. The Hall–Kier alpha value is -2.82. The predicted octanol–water partition coefficient (Wildman–Crippen LogP) is 2.51. The van der Waals surface area contributed by atoms with Gasteiger partial charge in [-0.15, -0.1) is 0 Å². The molecular weight excluding hydrogens is 302 g/mol. The van der Waals surface area contributed by atoms with Gasteiger partial charge in [0.15, 0.2) is 0 Å². The third kappa shape index (κ3) is 2.85. The number of aromatic nitrogens is 2. The van der Waals surface area contributed by atoms with Crippen molar-refractivity contribution in [1.82, 2.24) is 14.7 Å². The van der Waals surface area contributed by atoms with Gasteiger partial charge in [0.1, 0.15) is 18.0 Å². The summed E-state index contributed by atoms with van der Waals surface area (Å²) in [5.41, 5.74) is 4.01. The molecule has 24 heavy (non-hydrogen) atoms. The summed E-state index contributed by atoms with van der Waals surface area (Å²) in [6.45, 7) is 2.90. The van der Waals surface area contributed by atoms with Crippen molar-refractivity contribution >= 4 is 11.6 Å². The highest BCUT2D eigenvalue weighted by Crippen LogP contribution is 2.26. The van der Waals surface area contributed by atoms with Gasteiger partial charge in [0.05, 0.1) is 18.2 Å². The number of benzene rings is 1. The molecule has 1 amide bonds. The molecule has 122 valence electrons. The highest BCUT2D eigenvalue weighted by molar-refractivity contribution is 5.79.